The van der Waals surface area contributed by atoms with Gasteiger partial charge in [-0.2, -0.15) is 8.42 Å². The van der Waals surface area contributed by atoms with Crippen molar-refractivity contribution in [2.24, 2.45) is 0 Å². The molecule has 3 nitrogen and oxygen atoms in total. The van der Waals surface area contributed by atoms with Crippen molar-refractivity contribution in [1.82, 2.24) is 0 Å². The zero-order valence-electron chi connectivity index (χ0n) is 3.79. The Morgan fingerprint density at radius 3 is 1.88 bits per heavy atom. The average Bonchev–Trinajstić information content (AvgIpc) is 1.30. The summed E-state index contributed by atoms with van der Waals surface area (Å²) in [5, 5.41) is 0. The van der Waals surface area contributed by atoms with E-state index in [1.807, 2.05) is 0 Å². The average molecular weight is 165 g/mol. The number of rotatable bonds is 2. The summed E-state index contributed by atoms with van der Waals surface area (Å²) in [6.45, 7) is 3.23. The first kappa shape index (κ1) is 11.9. The van der Waals surface area contributed by atoms with E-state index in [0.29, 0.717) is 0 Å². The quantitative estimate of drug-likeness (QED) is 0.430. The van der Waals surface area contributed by atoms with Crippen LogP contribution >= 0.6 is 0 Å². The summed E-state index contributed by atoms with van der Waals surface area (Å²) in [5.74, 6) is -0.243. The Balaban J connectivity index is 0. The Hall–Kier alpha value is 1.17. The third-order valence-electron chi connectivity index (χ3n) is 0.402. The van der Waals surface area contributed by atoms with E-state index in [9.17, 15) is 8.42 Å². The van der Waals surface area contributed by atoms with Gasteiger partial charge in [0.2, 0.25) is 0 Å². The fraction of sp³-hybridized carbons (Fsp3) is 0.667. The second-order valence-corrected chi connectivity index (χ2v) is 2.71. The van der Waals surface area contributed by atoms with Crippen LogP contribution in [-0.4, -0.2) is 56.5 Å². The molecule has 0 heterocycles. The van der Waals surface area contributed by atoms with E-state index in [4.69, 9.17) is 4.55 Å². The van der Waals surface area contributed by atoms with E-state index in [2.05, 4.69) is 6.92 Å². The molecule has 0 aromatic rings. The maximum atomic E-state index is 9.75. The van der Waals surface area contributed by atoms with E-state index in [1.54, 1.807) is 0 Å². The molecule has 0 aliphatic carbocycles. The van der Waals surface area contributed by atoms with Crippen molar-refractivity contribution in [1.29, 1.82) is 0 Å². The summed E-state index contributed by atoms with van der Waals surface area (Å²) in [7, 11) is -3.74. The first-order chi connectivity index (χ1) is 3.06. The van der Waals surface area contributed by atoms with Crippen molar-refractivity contribution in [2.75, 3.05) is 5.75 Å². The predicted octanol–water partition coefficient (Wildman–Crippen LogP) is -0.818. The van der Waals surface area contributed by atoms with Crippen molar-refractivity contribution in [2.45, 2.75) is 6.42 Å². The second-order valence-electron chi connectivity index (χ2n) is 1.14. The van der Waals surface area contributed by atoms with Crippen LogP contribution in [0.1, 0.15) is 6.42 Å². The molecule has 0 unspecified atom stereocenters. The van der Waals surface area contributed by atoms with Gasteiger partial charge in [-0.3, -0.25) is 4.55 Å². The normalized spacial score (nSPS) is 10.2. The molecular formula is C3H9CaO3S. The number of hydrogen-bond acceptors (Lipinski definition) is 2. The van der Waals surface area contributed by atoms with Crippen LogP contribution in [0.2, 0.25) is 0 Å². The van der Waals surface area contributed by atoms with Crippen LogP contribution in [0.4, 0.5) is 0 Å². The topological polar surface area (TPSA) is 54.4 Å². The Labute approximate surface area is 79.2 Å². The standard InChI is InChI=1S/C3H7O3S.Ca.2H/c1-2-3-7(4,5)6;;;/h1-3H2,(H,4,5,6);;;. The fourth-order valence-electron chi connectivity index (χ4n) is 0.182. The fourth-order valence-corrected chi connectivity index (χ4v) is 0.547. The van der Waals surface area contributed by atoms with Gasteiger partial charge in [-0.1, -0.05) is 6.92 Å². The molecule has 0 atom stereocenters. The molecule has 0 amide bonds. The molecule has 0 saturated heterocycles. The molecular weight excluding hydrogens is 156 g/mol. The minimum absolute atomic E-state index is 0. The van der Waals surface area contributed by atoms with Gasteiger partial charge in [-0.15, -0.1) is 0 Å². The van der Waals surface area contributed by atoms with Crippen LogP contribution in [-0.2, 0) is 10.1 Å². The minimum atomic E-state index is -3.74. The molecule has 0 rings (SSSR count). The van der Waals surface area contributed by atoms with Gasteiger partial charge in [0.1, 0.15) is 0 Å². The zero-order chi connectivity index (χ0) is 5.91. The summed E-state index contributed by atoms with van der Waals surface area (Å²) in [6, 6.07) is 0. The molecule has 1 radical (unpaired) electrons. The van der Waals surface area contributed by atoms with Crippen molar-refractivity contribution in [3.63, 3.8) is 0 Å². The summed E-state index contributed by atoms with van der Waals surface area (Å²) in [5.41, 5.74) is 0. The predicted molar refractivity (Wildman–Crippen MR) is 34.9 cm³/mol. The van der Waals surface area contributed by atoms with Gasteiger partial charge in [0.15, 0.2) is 0 Å². The SMILES string of the molecule is [CH2]CCS(=O)(=O)O.[CaH2]. The molecule has 8 heavy (non-hydrogen) atoms. The molecule has 1 N–H and O–H groups in total. The monoisotopic (exact) mass is 165 g/mol. The van der Waals surface area contributed by atoms with Gasteiger partial charge in [0, 0.05) is 0 Å². The molecule has 0 aliphatic rings. The van der Waals surface area contributed by atoms with E-state index < -0.39 is 10.1 Å². The van der Waals surface area contributed by atoms with Crippen molar-refractivity contribution >= 4 is 47.9 Å². The van der Waals surface area contributed by atoms with Crippen molar-refractivity contribution in [3.8, 4) is 0 Å². The molecule has 0 aliphatic heterocycles. The summed E-state index contributed by atoms with van der Waals surface area (Å²) in [6.07, 6.45) is 0.221. The maximum absolute atomic E-state index is 9.75. The third kappa shape index (κ3) is 10.2. The molecule has 0 spiro atoms. The summed E-state index contributed by atoms with van der Waals surface area (Å²) in [4.78, 5) is 0. The Bertz CT molecular complexity index is 127. The molecule has 0 aromatic heterocycles. The van der Waals surface area contributed by atoms with Gasteiger partial charge >= 0.3 is 37.7 Å². The van der Waals surface area contributed by atoms with Gasteiger partial charge in [0.25, 0.3) is 10.1 Å². The van der Waals surface area contributed by atoms with Crippen molar-refractivity contribution in [3.05, 3.63) is 6.92 Å². The van der Waals surface area contributed by atoms with E-state index in [1.165, 1.54) is 0 Å². The van der Waals surface area contributed by atoms with Gasteiger partial charge in [0.05, 0.1) is 5.75 Å². The number of hydrogen-bond donors (Lipinski definition) is 1. The zero-order valence-corrected chi connectivity index (χ0v) is 4.61. The first-order valence-electron chi connectivity index (χ1n) is 1.80. The molecule has 0 bridgehead atoms. The summed E-state index contributed by atoms with van der Waals surface area (Å²) >= 11 is 0. The van der Waals surface area contributed by atoms with Gasteiger partial charge in [-0.05, 0) is 6.42 Å². The Morgan fingerprint density at radius 2 is 1.88 bits per heavy atom. The van der Waals surface area contributed by atoms with Crippen LogP contribution in [0.5, 0.6) is 0 Å². The molecule has 5 heteroatoms. The molecule has 0 aromatic carbocycles. The molecule has 47 valence electrons. The van der Waals surface area contributed by atoms with E-state index in [-0.39, 0.29) is 49.9 Å². The van der Waals surface area contributed by atoms with E-state index >= 15 is 0 Å². The van der Waals surface area contributed by atoms with Gasteiger partial charge < -0.3 is 0 Å². The molecule has 0 fully saturated rings. The second kappa shape index (κ2) is 4.99. The van der Waals surface area contributed by atoms with Crippen LogP contribution in [0.15, 0.2) is 0 Å². The van der Waals surface area contributed by atoms with Gasteiger partial charge in [-0.25, -0.2) is 0 Å². The van der Waals surface area contributed by atoms with Crippen LogP contribution in [0.3, 0.4) is 0 Å². The van der Waals surface area contributed by atoms with E-state index in [0.717, 1.165) is 0 Å². The van der Waals surface area contributed by atoms with Crippen LogP contribution < -0.4 is 0 Å². The van der Waals surface area contributed by atoms with Crippen LogP contribution in [0.25, 0.3) is 0 Å². The Morgan fingerprint density at radius 1 is 1.50 bits per heavy atom. The first-order valence-corrected chi connectivity index (χ1v) is 3.41. The summed E-state index contributed by atoms with van der Waals surface area (Å²) < 4.78 is 27.4. The third-order valence-corrected chi connectivity index (χ3v) is 1.21. The molecule has 0 saturated carbocycles. The van der Waals surface area contributed by atoms with Crippen molar-refractivity contribution < 1.29 is 13.0 Å². The Kier molecular flexibility index (Phi) is 7.43. The van der Waals surface area contributed by atoms with Crippen LogP contribution in [0, 0.1) is 6.92 Å².